The van der Waals surface area contributed by atoms with E-state index in [1.807, 2.05) is 79.7 Å². The van der Waals surface area contributed by atoms with Gasteiger partial charge in [0, 0.05) is 115 Å². The van der Waals surface area contributed by atoms with Gasteiger partial charge in [-0.3, -0.25) is 28.8 Å². The number of benzene rings is 6. The normalized spacial score (nSPS) is 10.4. The number of aryl methyl sites for hydroxylation is 6. The predicted octanol–water partition coefficient (Wildman–Crippen LogP) is 15.4. The summed E-state index contributed by atoms with van der Waals surface area (Å²) in [6, 6.07) is 52.6. The number of phenols is 1. The van der Waals surface area contributed by atoms with Crippen molar-refractivity contribution in [1.29, 1.82) is 0 Å². The van der Waals surface area contributed by atoms with Crippen molar-refractivity contribution in [2.75, 3.05) is 0 Å². The van der Waals surface area contributed by atoms with Crippen molar-refractivity contribution in [3.63, 3.8) is 0 Å². The van der Waals surface area contributed by atoms with Crippen LogP contribution < -0.4 is 33.4 Å². The fourth-order valence-electron chi connectivity index (χ4n) is 8.42. The van der Waals surface area contributed by atoms with E-state index in [2.05, 4.69) is 76.8 Å². The highest BCUT2D eigenvalue weighted by atomic mass is 35.5. The number of aromatic hydroxyl groups is 1. The number of aromatic nitrogens is 12. The van der Waals surface area contributed by atoms with Crippen LogP contribution in [0.1, 0.15) is 73.1 Å². The van der Waals surface area contributed by atoms with Crippen molar-refractivity contribution in [2.24, 2.45) is 0 Å². The first-order chi connectivity index (χ1) is 49.9. The van der Waals surface area contributed by atoms with Gasteiger partial charge in [0.2, 0.25) is 0 Å². The number of aliphatic hydroxyl groups excluding tert-OH is 1. The van der Waals surface area contributed by atoms with Gasteiger partial charge in [0.1, 0.15) is 11.6 Å². The maximum absolute atomic E-state index is 12.7. The third-order valence-corrected chi connectivity index (χ3v) is 19.5. The molecule has 0 unspecified atom stereocenters. The van der Waals surface area contributed by atoms with Crippen LogP contribution in [0, 0.1) is 53.9 Å². The maximum Gasteiger partial charge on any atom is 0.251 e. The minimum Gasteiger partial charge on any atom is -0.508 e. The second-order valence-corrected chi connectivity index (χ2v) is 28.8. The number of H-pyrrole nitrogens is 6. The Morgan fingerprint density at radius 3 is 0.952 bits per heavy atom. The molecule has 12 rings (SSSR count). The van der Waals surface area contributed by atoms with Crippen molar-refractivity contribution in [3.05, 3.63) is 345 Å². The second-order valence-electron chi connectivity index (χ2n) is 22.2. The second kappa shape index (κ2) is 42.9. The molecule has 0 radical (unpaired) electrons. The highest BCUT2D eigenvalue weighted by molar-refractivity contribution is 7.99. The Balaban J connectivity index is 0.000000175. The van der Waals surface area contributed by atoms with Crippen LogP contribution >= 0.6 is 93.8 Å². The van der Waals surface area contributed by atoms with Crippen molar-refractivity contribution in [2.45, 2.75) is 114 Å². The van der Waals surface area contributed by atoms with E-state index in [4.69, 9.17) is 40.0 Å². The monoisotopic (exact) mass is 1550 g/mol. The molecule has 0 bridgehead atoms. The van der Waals surface area contributed by atoms with E-state index < -0.39 is 0 Å². The zero-order valence-corrected chi connectivity index (χ0v) is 63.2. The molecule has 6 aromatic carbocycles. The lowest BCUT2D eigenvalue weighted by Crippen LogP contribution is -2.08. The molecule has 21 nitrogen and oxygen atoms in total. The van der Waals surface area contributed by atoms with Crippen molar-refractivity contribution < 1.29 is 14.6 Å². The Bertz CT molecular complexity index is 5060. The summed E-state index contributed by atoms with van der Waals surface area (Å²) in [5.41, 5.74) is 11.5. The average molecular weight is 1550 g/mol. The summed E-state index contributed by atoms with van der Waals surface area (Å²) in [6.07, 6.45) is 0. The summed E-state index contributed by atoms with van der Waals surface area (Å²) < 4.78 is 12.7. The van der Waals surface area contributed by atoms with Gasteiger partial charge >= 0.3 is 0 Å². The molecule has 12 aromatic rings. The number of nitrogens with one attached hydrogen (secondary N) is 6. The standard InChI is InChI=1S/C13H11N3OS.C13H14N2O2S.C12H10Cl2N2OS.C12H11FN2OS.C12H12N2O2S.C12H12N2OS/c1-9-7-12(17)16-13(15-9)18-8-10-3-5-11(14-2)6-4-10;1-9-6-12(17)15-13(14-9)18-8-11-4-2-10(7-16)3-5-11;1-7-4-11(17)16-12(15-7)18-6-8-2-3-9(13)5-10(8)14;1-8-6-11(16)15-12(14-8)17-7-9-2-4-10(13)5-3-9;1-8-6-11(16)14-12(13-8)17-7-9-2-4-10(15)5-3-9;1-9-7-11(15)14-12(13-9)16-8-10-5-3-2-4-6-10/h3-7H,8H2,1H3,(H,15,16,17);2-6,16H,7-8H2,1H3,(H,14,15,17);2-5H,6H2,1H3,(H,15,16,17);2-6H,7H2,1H3,(H,14,15,16);2-6,15H,7H2,1H3,(H,13,14,16);2-7H,8H2,1H3,(H,13,14,15). The Hall–Kier alpha value is -9.54. The lowest BCUT2D eigenvalue weighted by molar-refractivity contribution is 0.282. The molecule has 0 atom stereocenters. The van der Waals surface area contributed by atoms with Crippen molar-refractivity contribution in [3.8, 4) is 5.75 Å². The van der Waals surface area contributed by atoms with E-state index in [1.54, 1.807) is 83.1 Å². The molecule has 0 aliphatic rings. The number of hydrogen-bond donors (Lipinski definition) is 8. The number of aromatic amines is 6. The number of phenolic OH excluding ortho intramolecular Hbond substituents is 1. The SMILES string of the molecule is Cc1cc(=O)[nH]c(SCc2ccc(CO)cc2)n1.Cc1cc(=O)[nH]c(SCc2ccc(Cl)cc2Cl)n1.Cc1cc(=O)[nH]c(SCc2ccc(F)cc2)n1.Cc1cc(=O)[nH]c(SCc2ccc(O)cc2)n1.Cc1cc(=O)[nH]c(SCc2ccccc2)n1.[C-]#[N+]c1ccc(CSc2nc(C)cc(=O)[nH]2)cc1. The summed E-state index contributed by atoms with van der Waals surface area (Å²) in [5.74, 6) is 4.24. The quantitative estimate of drug-likeness (QED) is 0.0212. The van der Waals surface area contributed by atoms with E-state index in [1.165, 1.54) is 125 Å². The third kappa shape index (κ3) is 31.2. The molecular weight excluding hydrogens is 1480 g/mol. The molecule has 0 spiro atoms. The summed E-state index contributed by atoms with van der Waals surface area (Å²) in [4.78, 5) is 112. The summed E-state index contributed by atoms with van der Waals surface area (Å²) >= 11 is 20.7. The number of rotatable bonds is 19. The summed E-state index contributed by atoms with van der Waals surface area (Å²) in [5, 5.41) is 23.0. The number of thioether (sulfide) groups is 6. The number of halogens is 3. The highest BCUT2D eigenvalue weighted by Gasteiger charge is 2.08. The van der Waals surface area contributed by atoms with Crippen molar-refractivity contribution in [1.82, 2.24) is 59.8 Å². The molecule has 0 amide bonds. The average Bonchev–Trinajstić information content (AvgIpc) is 0.896. The lowest BCUT2D eigenvalue weighted by atomic mass is 10.2. The molecule has 6 heterocycles. The van der Waals surface area contributed by atoms with Gasteiger partial charge in [-0.25, -0.2) is 39.1 Å². The van der Waals surface area contributed by atoms with Gasteiger partial charge in [0.25, 0.3) is 33.4 Å². The van der Waals surface area contributed by atoms with Crippen molar-refractivity contribution >= 4 is 99.5 Å². The van der Waals surface area contributed by atoms with Crippen LogP contribution in [0.2, 0.25) is 10.0 Å². The van der Waals surface area contributed by atoms with Gasteiger partial charge in [-0.2, -0.15) is 0 Å². The zero-order valence-electron chi connectivity index (χ0n) is 56.8. The smallest absolute Gasteiger partial charge is 0.251 e. The molecule has 0 aliphatic carbocycles. The van der Waals surface area contributed by atoms with Gasteiger partial charge in [-0.1, -0.05) is 203 Å². The van der Waals surface area contributed by atoms with Crippen LogP contribution in [0.3, 0.4) is 0 Å². The molecule has 536 valence electrons. The zero-order chi connectivity index (χ0) is 74.9. The summed E-state index contributed by atoms with van der Waals surface area (Å²) in [6.45, 7) is 17.7. The van der Waals surface area contributed by atoms with E-state index >= 15 is 0 Å². The number of nitrogens with zero attached hydrogens (tertiary/aromatic N) is 7. The van der Waals surface area contributed by atoms with E-state index in [9.17, 15) is 33.2 Å². The maximum atomic E-state index is 12.7. The van der Waals surface area contributed by atoms with E-state index in [0.29, 0.717) is 92.5 Å². The molecule has 8 N–H and O–H groups in total. The van der Waals surface area contributed by atoms with E-state index in [-0.39, 0.29) is 51.5 Å². The first-order valence-electron chi connectivity index (χ1n) is 31.3. The van der Waals surface area contributed by atoms with Crippen LogP contribution in [-0.2, 0) is 41.1 Å². The van der Waals surface area contributed by atoms with Crippen LogP contribution in [0.25, 0.3) is 4.85 Å². The first-order valence-corrected chi connectivity index (χ1v) is 38.0. The third-order valence-electron chi connectivity index (χ3n) is 13.3. The molecule has 0 saturated heterocycles. The number of hydrogen-bond acceptors (Lipinski definition) is 20. The minimum atomic E-state index is -0.249. The van der Waals surface area contributed by atoms with Gasteiger partial charge < -0.3 is 40.1 Å². The van der Waals surface area contributed by atoms with Gasteiger partial charge in [-0.05, 0) is 117 Å². The lowest BCUT2D eigenvalue weighted by Gasteiger charge is -2.04. The Labute approximate surface area is 633 Å². The molecule has 0 aliphatic heterocycles. The largest absolute Gasteiger partial charge is 0.508 e. The molecule has 0 saturated carbocycles. The predicted molar refractivity (Wildman–Crippen MR) is 417 cm³/mol. The Morgan fingerprint density at radius 2 is 0.654 bits per heavy atom. The minimum absolute atomic E-state index is 0.0557. The van der Waals surface area contributed by atoms with Gasteiger partial charge in [-0.15, -0.1) is 0 Å². The van der Waals surface area contributed by atoms with E-state index in [0.717, 1.165) is 56.3 Å². The molecule has 30 heteroatoms. The Kier molecular flexibility index (Phi) is 33.7. The van der Waals surface area contributed by atoms with Crippen LogP contribution in [-0.4, -0.2) is 70.0 Å². The first kappa shape index (κ1) is 81.8. The molecule has 104 heavy (non-hydrogen) atoms. The van der Waals surface area contributed by atoms with Gasteiger partial charge in [0.15, 0.2) is 36.6 Å². The van der Waals surface area contributed by atoms with Crippen LogP contribution in [0.4, 0.5) is 10.1 Å². The van der Waals surface area contributed by atoms with Gasteiger partial charge in [0.05, 0.1) is 13.2 Å². The molecular formula is C74H70Cl2FN13O8S6. The molecule has 0 fully saturated rings. The van der Waals surface area contributed by atoms with Crippen LogP contribution in [0.5, 0.6) is 5.75 Å². The Morgan fingerprint density at radius 1 is 0.375 bits per heavy atom. The molecule has 6 aromatic heterocycles. The van der Waals surface area contributed by atoms with Crippen LogP contribution in [0.15, 0.2) is 242 Å². The highest BCUT2D eigenvalue weighted by Crippen LogP contribution is 2.28. The topological polar surface area (TPSA) is 319 Å². The number of aliphatic hydroxyl groups is 1. The fourth-order valence-corrected chi connectivity index (χ4v) is 14.3. The fraction of sp³-hybridized carbons (Fsp3) is 0.176. The summed E-state index contributed by atoms with van der Waals surface area (Å²) in [7, 11) is 0.